The molecule has 90 valence electrons. The molecule has 0 saturated carbocycles. The van der Waals surface area contributed by atoms with E-state index in [4.69, 9.17) is 10.6 Å². The van der Waals surface area contributed by atoms with Gasteiger partial charge in [0, 0.05) is 12.8 Å². The largest absolute Gasteiger partial charge is 0.375 e. The van der Waals surface area contributed by atoms with Crippen LogP contribution in [0, 0.1) is 5.92 Å². The topological polar surface area (TPSA) is 60.2 Å². The molecular weight excluding hydrogens is 202 g/mol. The second kappa shape index (κ2) is 7.19. The number of ether oxygens (including phenoxy) is 1. The molecular formula is C12H21N3O. The number of nitrogens with one attached hydrogen (secondary N) is 1. The zero-order chi connectivity index (χ0) is 11.8. The number of hydrogen-bond donors (Lipinski definition) is 2. The summed E-state index contributed by atoms with van der Waals surface area (Å²) in [4.78, 5) is 4.21. The Morgan fingerprint density at radius 2 is 2.38 bits per heavy atom. The molecule has 0 bridgehead atoms. The molecule has 1 unspecified atom stereocenters. The third-order valence-corrected chi connectivity index (χ3v) is 2.42. The van der Waals surface area contributed by atoms with Crippen molar-refractivity contribution in [2.24, 2.45) is 11.8 Å². The highest BCUT2D eigenvalue weighted by molar-refractivity contribution is 5.41. The summed E-state index contributed by atoms with van der Waals surface area (Å²) in [5.41, 5.74) is 4.35. The van der Waals surface area contributed by atoms with Crippen LogP contribution in [0.15, 0.2) is 18.3 Å². The van der Waals surface area contributed by atoms with Crippen LogP contribution in [0.5, 0.6) is 0 Å². The van der Waals surface area contributed by atoms with Crippen LogP contribution in [0.4, 0.5) is 5.69 Å². The molecule has 4 nitrogen and oxygen atoms in total. The second-order valence-corrected chi connectivity index (χ2v) is 4.09. The van der Waals surface area contributed by atoms with Crippen LogP contribution in [-0.2, 0) is 11.3 Å². The maximum absolute atomic E-state index is 5.60. The van der Waals surface area contributed by atoms with E-state index in [-0.39, 0.29) is 0 Å². The van der Waals surface area contributed by atoms with Gasteiger partial charge in [-0.1, -0.05) is 20.3 Å². The molecule has 0 aliphatic carbocycles. The van der Waals surface area contributed by atoms with Crippen LogP contribution in [0.2, 0.25) is 0 Å². The van der Waals surface area contributed by atoms with Gasteiger partial charge >= 0.3 is 0 Å². The van der Waals surface area contributed by atoms with E-state index >= 15 is 0 Å². The van der Waals surface area contributed by atoms with E-state index in [2.05, 4.69) is 24.3 Å². The number of nitrogens with zero attached hydrogens (tertiary/aromatic N) is 1. The average Bonchev–Trinajstić information content (AvgIpc) is 2.30. The number of pyridine rings is 1. The van der Waals surface area contributed by atoms with Gasteiger partial charge in [0.1, 0.15) is 0 Å². The van der Waals surface area contributed by atoms with Crippen LogP contribution < -0.4 is 11.3 Å². The summed E-state index contributed by atoms with van der Waals surface area (Å²) in [6.45, 7) is 5.72. The fourth-order valence-corrected chi connectivity index (χ4v) is 1.59. The average molecular weight is 223 g/mol. The molecule has 0 aliphatic heterocycles. The maximum atomic E-state index is 5.60. The SMILES string of the molecule is CCCC(C)COCc1cc(NN)ccn1. The fourth-order valence-electron chi connectivity index (χ4n) is 1.59. The molecule has 0 aromatic carbocycles. The quantitative estimate of drug-likeness (QED) is 0.550. The first-order valence-electron chi connectivity index (χ1n) is 5.75. The van der Waals surface area contributed by atoms with Crippen molar-refractivity contribution in [1.29, 1.82) is 0 Å². The normalized spacial score (nSPS) is 12.4. The van der Waals surface area contributed by atoms with E-state index in [0.717, 1.165) is 18.0 Å². The number of nitrogen functional groups attached to an aromatic ring is 1. The molecule has 3 N–H and O–H groups in total. The molecule has 1 aromatic rings. The molecule has 0 fully saturated rings. The smallest absolute Gasteiger partial charge is 0.0888 e. The van der Waals surface area contributed by atoms with Gasteiger partial charge < -0.3 is 10.2 Å². The van der Waals surface area contributed by atoms with E-state index in [1.54, 1.807) is 6.20 Å². The highest BCUT2D eigenvalue weighted by Gasteiger charge is 2.02. The van der Waals surface area contributed by atoms with Crippen LogP contribution in [0.25, 0.3) is 0 Å². The predicted octanol–water partition coefficient (Wildman–Crippen LogP) is 2.32. The first-order chi connectivity index (χ1) is 7.76. The summed E-state index contributed by atoms with van der Waals surface area (Å²) in [5.74, 6) is 5.93. The lowest BCUT2D eigenvalue weighted by Crippen LogP contribution is -2.09. The van der Waals surface area contributed by atoms with Gasteiger partial charge in [-0.3, -0.25) is 10.8 Å². The molecule has 1 rings (SSSR count). The maximum Gasteiger partial charge on any atom is 0.0888 e. The molecule has 1 heterocycles. The third kappa shape index (κ3) is 4.59. The van der Waals surface area contributed by atoms with Crippen molar-refractivity contribution in [3.8, 4) is 0 Å². The van der Waals surface area contributed by atoms with E-state index in [1.165, 1.54) is 12.8 Å². The summed E-state index contributed by atoms with van der Waals surface area (Å²) >= 11 is 0. The lowest BCUT2D eigenvalue weighted by Gasteiger charge is -2.10. The summed E-state index contributed by atoms with van der Waals surface area (Å²) in [5, 5.41) is 0. The molecule has 0 aliphatic rings. The van der Waals surface area contributed by atoms with Gasteiger partial charge in [0.05, 0.1) is 18.0 Å². The lowest BCUT2D eigenvalue weighted by atomic mass is 10.1. The highest BCUT2D eigenvalue weighted by atomic mass is 16.5. The summed E-state index contributed by atoms with van der Waals surface area (Å²) in [7, 11) is 0. The second-order valence-electron chi connectivity index (χ2n) is 4.09. The van der Waals surface area contributed by atoms with Gasteiger partial charge in [-0.2, -0.15) is 0 Å². The van der Waals surface area contributed by atoms with E-state index in [1.807, 2.05) is 12.1 Å². The van der Waals surface area contributed by atoms with Gasteiger partial charge in [0.15, 0.2) is 0 Å². The number of nitrogens with two attached hydrogens (primary N) is 1. The van der Waals surface area contributed by atoms with Crippen molar-refractivity contribution < 1.29 is 4.74 Å². The zero-order valence-electron chi connectivity index (χ0n) is 10.1. The number of anilines is 1. The van der Waals surface area contributed by atoms with Gasteiger partial charge in [-0.25, -0.2) is 0 Å². The number of aromatic nitrogens is 1. The standard InChI is InChI=1S/C12H21N3O/c1-3-4-10(2)8-16-9-12-7-11(15-13)5-6-14-12/h5-7,10H,3-4,8-9,13H2,1-2H3,(H,14,15). The summed E-state index contributed by atoms with van der Waals surface area (Å²) in [6, 6.07) is 3.72. The molecule has 1 aromatic heterocycles. The Kier molecular flexibility index (Phi) is 5.82. The van der Waals surface area contributed by atoms with Gasteiger partial charge in [-0.15, -0.1) is 0 Å². The molecule has 16 heavy (non-hydrogen) atoms. The Hall–Kier alpha value is -1.13. The van der Waals surface area contributed by atoms with Crippen LogP contribution in [0.3, 0.4) is 0 Å². The minimum Gasteiger partial charge on any atom is -0.375 e. The number of hydrogen-bond acceptors (Lipinski definition) is 4. The minimum absolute atomic E-state index is 0.545. The predicted molar refractivity (Wildman–Crippen MR) is 65.8 cm³/mol. The van der Waals surface area contributed by atoms with Crippen molar-refractivity contribution in [3.05, 3.63) is 24.0 Å². The first-order valence-corrected chi connectivity index (χ1v) is 5.75. The monoisotopic (exact) mass is 223 g/mol. The number of rotatable bonds is 7. The van der Waals surface area contributed by atoms with Crippen LogP contribution in [0.1, 0.15) is 32.4 Å². The Morgan fingerprint density at radius 3 is 3.06 bits per heavy atom. The Labute approximate surface area is 97.2 Å². The fraction of sp³-hybridized carbons (Fsp3) is 0.583. The van der Waals surface area contributed by atoms with E-state index in [0.29, 0.717) is 12.5 Å². The van der Waals surface area contributed by atoms with Gasteiger partial charge in [-0.05, 0) is 24.5 Å². The van der Waals surface area contributed by atoms with Crippen molar-refractivity contribution >= 4 is 5.69 Å². The van der Waals surface area contributed by atoms with Crippen molar-refractivity contribution in [1.82, 2.24) is 4.98 Å². The van der Waals surface area contributed by atoms with E-state index in [9.17, 15) is 0 Å². The third-order valence-electron chi connectivity index (χ3n) is 2.42. The Bertz CT molecular complexity index is 304. The van der Waals surface area contributed by atoms with Gasteiger partial charge in [0.2, 0.25) is 0 Å². The molecule has 0 amide bonds. The summed E-state index contributed by atoms with van der Waals surface area (Å²) in [6.07, 6.45) is 4.14. The number of hydrazine groups is 1. The zero-order valence-corrected chi connectivity index (χ0v) is 10.1. The van der Waals surface area contributed by atoms with Crippen molar-refractivity contribution in [2.45, 2.75) is 33.3 Å². The molecule has 1 atom stereocenters. The summed E-state index contributed by atoms with van der Waals surface area (Å²) < 4.78 is 5.60. The molecule has 0 radical (unpaired) electrons. The molecule has 0 spiro atoms. The first kappa shape index (κ1) is 12.9. The van der Waals surface area contributed by atoms with Gasteiger partial charge in [0.25, 0.3) is 0 Å². The minimum atomic E-state index is 0.545. The lowest BCUT2D eigenvalue weighted by molar-refractivity contribution is 0.0872. The van der Waals surface area contributed by atoms with Crippen LogP contribution >= 0.6 is 0 Å². The highest BCUT2D eigenvalue weighted by Crippen LogP contribution is 2.09. The molecule has 4 heteroatoms. The Morgan fingerprint density at radius 1 is 1.56 bits per heavy atom. The van der Waals surface area contributed by atoms with Crippen LogP contribution in [-0.4, -0.2) is 11.6 Å². The Balaban J connectivity index is 2.31. The van der Waals surface area contributed by atoms with E-state index < -0.39 is 0 Å². The van der Waals surface area contributed by atoms with Crippen molar-refractivity contribution in [3.63, 3.8) is 0 Å². The molecule has 0 saturated heterocycles. The van der Waals surface area contributed by atoms with Crippen molar-refractivity contribution in [2.75, 3.05) is 12.0 Å².